The second-order valence-corrected chi connectivity index (χ2v) is 5.21. The van der Waals surface area contributed by atoms with Crippen molar-refractivity contribution in [1.29, 1.82) is 0 Å². The fourth-order valence-electron chi connectivity index (χ4n) is 2.73. The van der Waals surface area contributed by atoms with E-state index in [0.29, 0.717) is 17.8 Å². The molecule has 0 N–H and O–H groups in total. The maximum atomic E-state index is 12.2. The van der Waals surface area contributed by atoms with Crippen LogP contribution in [0.1, 0.15) is 40.0 Å². The molecule has 0 amide bonds. The van der Waals surface area contributed by atoms with Gasteiger partial charge in [0.25, 0.3) is 0 Å². The van der Waals surface area contributed by atoms with Gasteiger partial charge in [0.2, 0.25) is 5.78 Å². The Bertz CT molecular complexity index is 506. The maximum Gasteiger partial charge on any atom is 0.223 e. The van der Waals surface area contributed by atoms with Crippen LogP contribution < -0.4 is 0 Å². The van der Waals surface area contributed by atoms with Gasteiger partial charge in [0.05, 0.1) is 12.2 Å². The molecule has 0 aromatic carbocycles. The summed E-state index contributed by atoms with van der Waals surface area (Å²) in [5.41, 5.74) is 2.30. The number of hydrogen-bond donors (Lipinski definition) is 0. The molecule has 1 unspecified atom stereocenters. The van der Waals surface area contributed by atoms with Crippen molar-refractivity contribution in [3.63, 3.8) is 0 Å². The standard InChI is InChI=1S/C16H20O3/c1-4-19-16-14(12-7-5-6-10(2)8-12)13(17)9-11(3)15(16)18/h8-9,12H,4-7H2,1-3H3. The molecule has 0 fully saturated rings. The van der Waals surface area contributed by atoms with Crippen LogP contribution in [0.4, 0.5) is 0 Å². The Hall–Kier alpha value is -1.64. The minimum absolute atomic E-state index is 0.0242. The van der Waals surface area contributed by atoms with Crippen LogP contribution in [0.5, 0.6) is 0 Å². The predicted octanol–water partition coefficient (Wildman–Crippen LogP) is 3.12. The van der Waals surface area contributed by atoms with Crippen molar-refractivity contribution in [3.8, 4) is 0 Å². The zero-order chi connectivity index (χ0) is 14.0. The second-order valence-electron chi connectivity index (χ2n) is 5.21. The molecule has 0 radical (unpaired) electrons. The number of rotatable bonds is 3. The number of ketones is 2. The van der Waals surface area contributed by atoms with Crippen LogP contribution in [-0.4, -0.2) is 18.2 Å². The van der Waals surface area contributed by atoms with Crippen molar-refractivity contribution in [2.75, 3.05) is 6.61 Å². The summed E-state index contributed by atoms with van der Waals surface area (Å²) in [6.45, 7) is 5.97. The van der Waals surface area contributed by atoms with E-state index in [0.717, 1.165) is 19.3 Å². The van der Waals surface area contributed by atoms with Crippen molar-refractivity contribution in [3.05, 3.63) is 34.6 Å². The molecule has 0 saturated carbocycles. The molecule has 1 atom stereocenters. The summed E-state index contributed by atoms with van der Waals surface area (Å²) in [5, 5.41) is 0. The SMILES string of the molecule is CCOC1=C(C2C=C(C)CCC2)C(=O)C=C(C)C1=O. The van der Waals surface area contributed by atoms with Gasteiger partial charge < -0.3 is 4.74 Å². The summed E-state index contributed by atoms with van der Waals surface area (Å²) in [4.78, 5) is 24.4. The molecule has 3 heteroatoms. The van der Waals surface area contributed by atoms with Gasteiger partial charge >= 0.3 is 0 Å². The van der Waals surface area contributed by atoms with Crippen LogP contribution in [0.2, 0.25) is 0 Å². The largest absolute Gasteiger partial charge is 0.489 e. The molecule has 0 bridgehead atoms. The quantitative estimate of drug-likeness (QED) is 0.578. The third-order valence-corrected chi connectivity index (χ3v) is 3.65. The van der Waals surface area contributed by atoms with Crippen molar-refractivity contribution >= 4 is 11.6 Å². The first-order valence-electron chi connectivity index (χ1n) is 6.86. The average molecular weight is 260 g/mol. The number of carbonyl (C=O) groups excluding carboxylic acids is 2. The van der Waals surface area contributed by atoms with Gasteiger partial charge in [-0.3, -0.25) is 9.59 Å². The Labute approximate surface area is 114 Å². The molecule has 3 nitrogen and oxygen atoms in total. The molecule has 0 saturated heterocycles. The fraction of sp³-hybridized carbons (Fsp3) is 0.500. The third kappa shape index (κ3) is 2.70. The van der Waals surface area contributed by atoms with Crippen molar-refractivity contribution in [2.45, 2.75) is 40.0 Å². The number of Topliss-reactive ketones (excluding diaryl/α,β-unsaturated/α-hetero) is 1. The lowest BCUT2D eigenvalue weighted by Crippen LogP contribution is -2.25. The molecule has 2 rings (SSSR count). The van der Waals surface area contributed by atoms with Gasteiger partial charge in [-0.15, -0.1) is 0 Å². The van der Waals surface area contributed by atoms with Crippen LogP contribution in [0.3, 0.4) is 0 Å². The Kier molecular flexibility index (Phi) is 4.03. The lowest BCUT2D eigenvalue weighted by Gasteiger charge is -2.25. The lowest BCUT2D eigenvalue weighted by molar-refractivity contribution is -0.118. The summed E-state index contributed by atoms with van der Waals surface area (Å²) < 4.78 is 5.48. The zero-order valence-corrected chi connectivity index (χ0v) is 11.8. The Morgan fingerprint density at radius 2 is 2.05 bits per heavy atom. The summed E-state index contributed by atoms with van der Waals surface area (Å²) in [6, 6.07) is 0. The Balaban J connectivity index is 2.45. The van der Waals surface area contributed by atoms with Crippen molar-refractivity contribution < 1.29 is 14.3 Å². The van der Waals surface area contributed by atoms with Crippen LogP contribution in [0.25, 0.3) is 0 Å². The van der Waals surface area contributed by atoms with Crippen LogP contribution in [-0.2, 0) is 14.3 Å². The summed E-state index contributed by atoms with van der Waals surface area (Å²) in [5.74, 6) is 0.0733. The predicted molar refractivity (Wildman–Crippen MR) is 73.5 cm³/mol. The maximum absolute atomic E-state index is 12.2. The molecule has 102 valence electrons. The molecule has 0 aromatic rings. The van der Waals surface area contributed by atoms with Gasteiger partial charge in [0.1, 0.15) is 0 Å². The van der Waals surface area contributed by atoms with E-state index in [1.54, 1.807) is 6.92 Å². The average Bonchev–Trinajstić information content (AvgIpc) is 2.36. The number of ether oxygens (including phenoxy) is 1. The van der Waals surface area contributed by atoms with E-state index in [-0.39, 0.29) is 23.2 Å². The smallest absolute Gasteiger partial charge is 0.223 e. The van der Waals surface area contributed by atoms with Crippen LogP contribution >= 0.6 is 0 Å². The molecule has 0 aliphatic heterocycles. The molecular formula is C16H20O3. The molecule has 2 aliphatic rings. The molecule has 0 aromatic heterocycles. The second kappa shape index (κ2) is 5.55. The molecular weight excluding hydrogens is 240 g/mol. The monoisotopic (exact) mass is 260 g/mol. The molecule has 2 aliphatic carbocycles. The van der Waals surface area contributed by atoms with E-state index in [1.807, 2.05) is 6.92 Å². The Morgan fingerprint density at radius 3 is 2.68 bits per heavy atom. The van der Waals surface area contributed by atoms with Gasteiger partial charge in [-0.1, -0.05) is 11.6 Å². The minimum Gasteiger partial charge on any atom is -0.489 e. The van der Waals surface area contributed by atoms with E-state index < -0.39 is 0 Å². The summed E-state index contributed by atoms with van der Waals surface area (Å²) in [6.07, 6.45) is 6.59. The van der Waals surface area contributed by atoms with E-state index >= 15 is 0 Å². The molecule has 19 heavy (non-hydrogen) atoms. The van der Waals surface area contributed by atoms with Crippen LogP contribution in [0, 0.1) is 5.92 Å². The molecule has 0 heterocycles. The highest BCUT2D eigenvalue weighted by molar-refractivity contribution is 6.21. The molecule has 0 spiro atoms. The van der Waals surface area contributed by atoms with Gasteiger partial charge in [-0.2, -0.15) is 0 Å². The highest BCUT2D eigenvalue weighted by Gasteiger charge is 2.32. The lowest BCUT2D eigenvalue weighted by atomic mass is 9.80. The highest BCUT2D eigenvalue weighted by atomic mass is 16.5. The van der Waals surface area contributed by atoms with Crippen LogP contribution in [0.15, 0.2) is 34.6 Å². The van der Waals surface area contributed by atoms with Gasteiger partial charge in [-0.05, 0) is 46.1 Å². The van der Waals surface area contributed by atoms with E-state index in [2.05, 4.69) is 13.0 Å². The fourth-order valence-corrected chi connectivity index (χ4v) is 2.73. The minimum atomic E-state index is -0.145. The van der Waals surface area contributed by atoms with Gasteiger partial charge in [-0.25, -0.2) is 0 Å². The first-order valence-corrected chi connectivity index (χ1v) is 6.86. The zero-order valence-electron chi connectivity index (χ0n) is 11.8. The number of carbonyl (C=O) groups is 2. The first kappa shape index (κ1) is 13.8. The highest BCUT2D eigenvalue weighted by Crippen LogP contribution is 2.33. The Morgan fingerprint density at radius 1 is 1.32 bits per heavy atom. The van der Waals surface area contributed by atoms with Gasteiger partial charge in [0, 0.05) is 11.5 Å². The van der Waals surface area contributed by atoms with E-state index in [1.165, 1.54) is 11.6 Å². The van der Waals surface area contributed by atoms with Crippen molar-refractivity contribution in [2.24, 2.45) is 5.92 Å². The summed E-state index contributed by atoms with van der Waals surface area (Å²) >= 11 is 0. The summed E-state index contributed by atoms with van der Waals surface area (Å²) in [7, 11) is 0. The van der Waals surface area contributed by atoms with Gasteiger partial charge in [0.15, 0.2) is 11.5 Å². The number of allylic oxidation sites excluding steroid dienone is 5. The first-order chi connectivity index (χ1) is 9.04. The normalized spacial score (nSPS) is 24.3. The third-order valence-electron chi connectivity index (χ3n) is 3.65. The topological polar surface area (TPSA) is 43.4 Å². The van der Waals surface area contributed by atoms with Crippen molar-refractivity contribution in [1.82, 2.24) is 0 Å². The van der Waals surface area contributed by atoms with E-state index in [9.17, 15) is 9.59 Å². The van der Waals surface area contributed by atoms with E-state index in [4.69, 9.17) is 4.74 Å². The number of hydrogen-bond acceptors (Lipinski definition) is 3.